The van der Waals surface area contributed by atoms with E-state index in [1.54, 1.807) is 24.3 Å². The van der Waals surface area contributed by atoms with Crippen molar-refractivity contribution >= 4 is 23.2 Å². The van der Waals surface area contributed by atoms with Crippen molar-refractivity contribution in [2.75, 3.05) is 32.9 Å². The summed E-state index contributed by atoms with van der Waals surface area (Å²) < 4.78 is 30.1. The minimum atomic E-state index is -0.780. The van der Waals surface area contributed by atoms with Gasteiger partial charge in [-0.1, -0.05) is 24.4 Å². The summed E-state index contributed by atoms with van der Waals surface area (Å²) in [5, 5.41) is 0. The van der Waals surface area contributed by atoms with Gasteiger partial charge in [0.05, 0.1) is 25.4 Å². The second-order valence-corrected chi connectivity index (χ2v) is 6.26. The maximum absolute atomic E-state index is 13.8. The molecule has 1 heterocycles. The fourth-order valence-corrected chi connectivity index (χ4v) is 3.03. The van der Waals surface area contributed by atoms with Gasteiger partial charge in [0.1, 0.15) is 10.8 Å². The van der Waals surface area contributed by atoms with Crippen LogP contribution < -0.4 is 9.47 Å². The van der Waals surface area contributed by atoms with Gasteiger partial charge in [0.15, 0.2) is 11.5 Å². The summed E-state index contributed by atoms with van der Waals surface area (Å²) in [4.78, 5) is 15.0. The molecule has 0 amide bonds. The molecule has 0 unspecified atom stereocenters. The molecule has 0 saturated carbocycles. The van der Waals surface area contributed by atoms with E-state index < -0.39 is 11.8 Å². The van der Waals surface area contributed by atoms with Gasteiger partial charge < -0.3 is 19.1 Å². The van der Waals surface area contributed by atoms with E-state index in [4.69, 9.17) is 26.4 Å². The molecule has 7 heteroatoms. The molecule has 2 aromatic rings. The normalized spacial score (nSPS) is 13.9. The molecule has 0 N–H and O–H groups in total. The Balaban J connectivity index is 1.82. The highest BCUT2D eigenvalue weighted by Crippen LogP contribution is 2.30. The van der Waals surface area contributed by atoms with Crippen molar-refractivity contribution in [3.63, 3.8) is 0 Å². The highest BCUT2D eigenvalue weighted by atomic mass is 32.1. The van der Waals surface area contributed by atoms with Gasteiger partial charge in [-0.25, -0.2) is 9.18 Å². The molecule has 0 aromatic heterocycles. The summed E-state index contributed by atoms with van der Waals surface area (Å²) in [6.45, 7) is 4.95. The van der Waals surface area contributed by atoms with E-state index in [2.05, 4.69) is 4.90 Å². The van der Waals surface area contributed by atoms with Crippen molar-refractivity contribution in [1.82, 2.24) is 4.90 Å². The Labute approximate surface area is 162 Å². The maximum atomic E-state index is 13.8. The largest absolute Gasteiger partial charge is 0.490 e. The second-order valence-electron chi connectivity index (χ2n) is 5.87. The van der Waals surface area contributed by atoms with Crippen LogP contribution in [0.25, 0.3) is 0 Å². The topological polar surface area (TPSA) is 48.0 Å². The van der Waals surface area contributed by atoms with Crippen LogP contribution in [-0.4, -0.2) is 48.8 Å². The van der Waals surface area contributed by atoms with Crippen LogP contribution in [0.5, 0.6) is 11.5 Å². The van der Waals surface area contributed by atoms with Crippen LogP contribution in [0, 0.1) is 5.82 Å². The number of benzene rings is 2. The quantitative estimate of drug-likeness (QED) is 0.444. The highest BCUT2D eigenvalue weighted by Gasteiger charge is 2.19. The molecule has 1 fully saturated rings. The zero-order valence-corrected chi connectivity index (χ0v) is 15.8. The summed E-state index contributed by atoms with van der Waals surface area (Å²) in [6.07, 6.45) is 0. The third kappa shape index (κ3) is 4.61. The molecule has 0 atom stereocenters. The van der Waals surface area contributed by atoms with Gasteiger partial charge in [-0.05, 0) is 37.3 Å². The van der Waals surface area contributed by atoms with Crippen LogP contribution in [0.2, 0.25) is 0 Å². The molecule has 0 aliphatic carbocycles. The van der Waals surface area contributed by atoms with Gasteiger partial charge in [0.25, 0.3) is 0 Å². The first kappa shape index (κ1) is 19.3. The van der Waals surface area contributed by atoms with Crippen molar-refractivity contribution in [3.05, 3.63) is 59.4 Å². The summed E-state index contributed by atoms with van der Waals surface area (Å²) in [6, 6.07) is 10.8. The Morgan fingerprint density at radius 1 is 1.19 bits per heavy atom. The van der Waals surface area contributed by atoms with Gasteiger partial charge in [-0.3, -0.25) is 0 Å². The number of rotatable bonds is 5. The van der Waals surface area contributed by atoms with Gasteiger partial charge in [-0.2, -0.15) is 0 Å². The smallest absolute Gasteiger partial charge is 0.346 e. The number of esters is 1. The van der Waals surface area contributed by atoms with Gasteiger partial charge in [0.2, 0.25) is 0 Å². The zero-order valence-electron chi connectivity index (χ0n) is 14.9. The number of nitrogens with zero attached hydrogens (tertiary/aromatic N) is 1. The third-order valence-electron chi connectivity index (χ3n) is 4.09. The van der Waals surface area contributed by atoms with Gasteiger partial charge >= 0.3 is 5.97 Å². The lowest BCUT2D eigenvalue weighted by Crippen LogP contribution is -2.40. The predicted octanol–water partition coefficient (Wildman–Crippen LogP) is 3.45. The lowest BCUT2D eigenvalue weighted by atomic mass is 10.1. The molecular formula is C20H20FNO4S. The number of hydrogen-bond acceptors (Lipinski definition) is 5. The van der Waals surface area contributed by atoms with Gasteiger partial charge in [0, 0.05) is 18.7 Å². The van der Waals surface area contributed by atoms with E-state index in [0.717, 1.165) is 18.7 Å². The Kier molecular flexibility index (Phi) is 6.36. The standard InChI is InChI=1S/C20H20FNO4S/c1-2-25-18-13-14(19(27)22-9-11-24-12-10-22)7-8-17(18)26-20(23)15-5-3-4-6-16(15)21/h3-8,13H,2,9-12H2,1H3. The second kappa shape index (κ2) is 8.92. The molecule has 2 aromatic carbocycles. The van der Waals surface area contributed by atoms with Crippen LogP contribution in [0.3, 0.4) is 0 Å². The van der Waals surface area contributed by atoms with Crippen molar-refractivity contribution in [2.45, 2.75) is 6.92 Å². The first-order chi connectivity index (χ1) is 13.1. The number of hydrogen-bond donors (Lipinski definition) is 0. The highest BCUT2D eigenvalue weighted by molar-refractivity contribution is 7.80. The molecule has 3 rings (SSSR count). The SMILES string of the molecule is CCOc1cc(C(=S)N2CCOCC2)ccc1OC(=O)c1ccccc1F. The summed E-state index contributed by atoms with van der Waals surface area (Å²) >= 11 is 5.57. The Morgan fingerprint density at radius 2 is 1.93 bits per heavy atom. The molecule has 0 radical (unpaired) electrons. The molecule has 1 aliphatic heterocycles. The van der Waals surface area contributed by atoms with E-state index in [0.29, 0.717) is 30.6 Å². The van der Waals surface area contributed by atoms with Crippen molar-refractivity contribution in [3.8, 4) is 11.5 Å². The molecule has 27 heavy (non-hydrogen) atoms. The number of halogens is 1. The van der Waals surface area contributed by atoms with Crippen LogP contribution in [0.1, 0.15) is 22.8 Å². The van der Waals surface area contributed by atoms with Crippen LogP contribution in [0.4, 0.5) is 4.39 Å². The molecule has 0 bridgehead atoms. The van der Waals surface area contributed by atoms with Crippen molar-refractivity contribution in [2.24, 2.45) is 0 Å². The number of carbonyl (C=O) groups excluding carboxylic acids is 1. The van der Waals surface area contributed by atoms with Crippen LogP contribution in [-0.2, 0) is 4.74 Å². The molecule has 5 nitrogen and oxygen atoms in total. The monoisotopic (exact) mass is 389 g/mol. The van der Waals surface area contributed by atoms with E-state index in [9.17, 15) is 9.18 Å². The number of carbonyl (C=O) groups is 1. The molecule has 1 aliphatic rings. The molecule has 0 spiro atoms. The number of thiocarbonyl (C=S) groups is 1. The third-order valence-corrected chi connectivity index (χ3v) is 4.58. The predicted molar refractivity (Wildman–Crippen MR) is 103 cm³/mol. The minimum absolute atomic E-state index is 0.132. The first-order valence-electron chi connectivity index (χ1n) is 8.70. The van der Waals surface area contributed by atoms with E-state index >= 15 is 0 Å². The van der Waals surface area contributed by atoms with E-state index in [1.807, 2.05) is 6.92 Å². The van der Waals surface area contributed by atoms with E-state index in [1.165, 1.54) is 18.2 Å². The fourth-order valence-electron chi connectivity index (χ4n) is 2.72. The van der Waals surface area contributed by atoms with Crippen molar-refractivity contribution < 1.29 is 23.4 Å². The van der Waals surface area contributed by atoms with Crippen molar-refractivity contribution in [1.29, 1.82) is 0 Å². The first-order valence-corrected chi connectivity index (χ1v) is 9.11. The van der Waals surface area contributed by atoms with Gasteiger partial charge in [-0.15, -0.1) is 0 Å². The summed E-state index contributed by atoms with van der Waals surface area (Å²) in [5.74, 6) is -0.808. The van der Waals surface area contributed by atoms with Crippen LogP contribution in [0.15, 0.2) is 42.5 Å². The average molecular weight is 389 g/mol. The number of ether oxygens (including phenoxy) is 3. The van der Waals surface area contributed by atoms with Crippen LogP contribution >= 0.6 is 12.2 Å². The Bertz CT molecular complexity index is 836. The zero-order chi connectivity index (χ0) is 19.2. The average Bonchev–Trinajstić information content (AvgIpc) is 2.70. The number of morpholine rings is 1. The van der Waals surface area contributed by atoms with E-state index in [-0.39, 0.29) is 11.3 Å². The molecule has 1 saturated heterocycles. The minimum Gasteiger partial charge on any atom is -0.490 e. The summed E-state index contributed by atoms with van der Waals surface area (Å²) in [5.41, 5.74) is 0.661. The fraction of sp³-hybridized carbons (Fsp3) is 0.300. The Hall–Kier alpha value is -2.51. The molecular weight excluding hydrogens is 369 g/mol. The maximum Gasteiger partial charge on any atom is 0.346 e. The molecule has 142 valence electrons. The lowest BCUT2D eigenvalue weighted by molar-refractivity contribution is 0.0692. The summed E-state index contributed by atoms with van der Waals surface area (Å²) in [7, 11) is 0. The Morgan fingerprint density at radius 3 is 2.63 bits per heavy atom. The lowest BCUT2D eigenvalue weighted by Gasteiger charge is -2.29.